The van der Waals surface area contributed by atoms with E-state index < -0.39 is 0 Å². The average Bonchev–Trinajstić information content (AvgIpc) is 2.82. The molecule has 0 aliphatic carbocycles. The van der Waals surface area contributed by atoms with Gasteiger partial charge in [0, 0.05) is 53.0 Å². The van der Waals surface area contributed by atoms with Crippen LogP contribution in [0, 0.1) is 0 Å². The number of nitrogens with zero attached hydrogens (tertiary/aromatic N) is 5. The van der Waals surface area contributed by atoms with Gasteiger partial charge in [0.25, 0.3) is 0 Å². The zero-order chi connectivity index (χ0) is 22.1. The van der Waals surface area contributed by atoms with Gasteiger partial charge < -0.3 is 24.8 Å². The third-order valence-electron chi connectivity index (χ3n) is 5.27. The highest BCUT2D eigenvalue weighted by atomic mass is 16.5. The summed E-state index contributed by atoms with van der Waals surface area (Å²) in [5.41, 5.74) is 1.22. The Balaban J connectivity index is 1.59. The second-order valence-electron chi connectivity index (χ2n) is 7.61. The standard InChI is InChI=1S/C23H32N6O2/c1-27(2)22(30)18-26-23(25-13-11-19-7-9-20(31-3)10-8-19)29-16-14-28(15-17-29)21-6-4-5-12-24-21/h4-10,12H,11,13-18H2,1-3H3,(H,25,26). The highest BCUT2D eigenvalue weighted by molar-refractivity contribution is 5.85. The summed E-state index contributed by atoms with van der Waals surface area (Å²) in [4.78, 5) is 27.2. The molecule has 8 heteroatoms. The number of pyridine rings is 1. The molecule has 31 heavy (non-hydrogen) atoms. The summed E-state index contributed by atoms with van der Waals surface area (Å²) in [6.07, 6.45) is 2.68. The number of guanidine groups is 1. The largest absolute Gasteiger partial charge is 0.497 e. The molecule has 0 bridgehead atoms. The van der Waals surface area contributed by atoms with Gasteiger partial charge >= 0.3 is 0 Å². The number of anilines is 1. The second-order valence-corrected chi connectivity index (χ2v) is 7.61. The molecule has 1 aliphatic heterocycles. The lowest BCUT2D eigenvalue weighted by atomic mass is 10.1. The number of likely N-dealkylation sites (N-methyl/N-ethyl adjacent to an activating group) is 1. The van der Waals surface area contributed by atoms with E-state index in [1.165, 1.54) is 5.56 Å². The first-order valence-corrected chi connectivity index (χ1v) is 10.6. The van der Waals surface area contributed by atoms with Crippen LogP contribution in [0.1, 0.15) is 5.56 Å². The number of piperazine rings is 1. The highest BCUT2D eigenvalue weighted by Gasteiger charge is 2.21. The van der Waals surface area contributed by atoms with E-state index in [1.54, 1.807) is 26.1 Å². The number of benzene rings is 1. The number of carbonyl (C=O) groups excluding carboxylic acids is 1. The van der Waals surface area contributed by atoms with Gasteiger partial charge in [0.1, 0.15) is 18.1 Å². The Hall–Kier alpha value is -3.29. The van der Waals surface area contributed by atoms with Crippen molar-refractivity contribution in [3.63, 3.8) is 0 Å². The molecule has 3 rings (SSSR count). The molecular formula is C23H32N6O2. The molecule has 8 nitrogen and oxygen atoms in total. The molecule has 0 radical (unpaired) electrons. The van der Waals surface area contributed by atoms with Gasteiger partial charge in [-0.25, -0.2) is 9.98 Å². The number of nitrogens with one attached hydrogen (secondary N) is 1. The third-order valence-corrected chi connectivity index (χ3v) is 5.27. The van der Waals surface area contributed by atoms with Gasteiger partial charge in [0.05, 0.1) is 7.11 Å². The van der Waals surface area contributed by atoms with Crippen molar-refractivity contribution in [1.82, 2.24) is 20.1 Å². The first-order valence-electron chi connectivity index (χ1n) is 10.6. The Morgan fingerprint density at radius 3 is 2.48 bits per heavy atom. The van der Waals surface area contributed by atoms with Gasteiger partial charge in [-0.15, -0.1) is 0 Å². The van der Waals surface area contributed by atoms with Crippen molar-refractivity contribution >= 4 is 17.7 Å². The predicted molar refractivity (Wildman–Crippen MR) is 124 cm³/mol. The molecule has 0 spiro atoms. The zero-order valence-corrected chi connectivity index (χ0v) is 18.6. The molecule has 0 saturated carbocycles. The van der Waals surface area contributed by atoms with Crippen LogP contribution in [0.25, 0.3) is 0 Å². The van der Waals surface area contributed by atoms with Gasteiger partial charge in [-0.2, -0.15) is 0 Å². The maximum absolute atomic E-state index is 12.1. The maximum Gasteiger partial charge on any atom is 0.243 e. The molecular weight excluding hydrogens is 392 g/mol. The number of methoxy groups -OCH3 is 1. The molecule has 166 valence electrons. The van der Waals surface area contributed by atoms with Crippen LogP contribution in [0.2, 0.25) is 0 Å². The number of aromatic nitrogens is 1. The number of hydrogen-bond acceptors (Lipinski definition) is 5. The van der Waals surface area contributed by atoms with Crippen molar-refractivity contribution in [2.75, 3.05) is 65.4 Å². The number of rotatable bonds is 7. The molecule has 0 atom stereocenters. The molecule has 1 saturated heterocycles. The predicted octanol–water partition coefficient (Wildman–Crippen LogP) is 1.49. The van der Waals surface area contributed by atoms with Crippen molar-refractivity contribution in [2.45, 2.75) is 6.42 Å². The first-order chi connectivity index (χ1) is 15.1. The lowest BCUT2D eigenvalue weighted by molar-refractivity contribution is -0.127. The van der Waals surface area contributed by atoms with Gasteiger partial charge in [-0.3, -0.25) is 4.79 Å². The monoisotopic (exact) mass is 424 g/mol. The summed E-state index contributed by atoms with van der Waals surface area (Å²) < 4.78 is 5.22. The smallest absolute Gasteiger partial charge is 0.243 e. The molecule has 1 fully saturated rings. The van der Waals surface area contributed by atoms with Crippen molar-refractivity contribution in [3.8, 4) is 5.75 Å². The summed E-state index contributed by atoms with van der Waals surface area (Å²) in [5.74, 6) is 2.62. The summed E-state index contributed by atoms with van der Waals surface area (Å²) in [6.45, 7) is 4.23. The van der Waals surface area contributed by atoms with Gasteiger partial charge in [-0.1, -0.05) is 18.2 Å². The van der Waals surface area contributed by atoms with Crippen LogP contribution in [0.5, 0.6) is 5.75 Å². The fraction of sp³-hybridized carbons (Fsp3) is 0.435. The molecule has 1 N–H and O–H groups in total. The van der Waals surface area contributed by atoms with Crippen molar-refractivity contribution in [1.29, 1.82) is 0 Å². The molecule has 1 aromatic carbocycles. The van der Waals surface area contributed by atoms with E-state index in [0.717, 1.165) is 56.7 Å². The van der Waals surface area contributed by atoms with Crippen LogP contribution >= 0.6 is 0 Å². The first kappa shape index (κ1) is 22.4. The molecule has 0 unspecified atom stereocenters. The summed E-state index contributed by atoms with van der Waals surface area (Å²) in [5, 5.41) is 3.46. The lowest BCUT2D eigenvalue weighted by Gasteiger charge is -2.37. The van der Waals surface area contributed by atoms with Crippen LogP contribution < -0.4 is 15.0 Å². The van der Waals surface area contributed by atoms with Crippen LogP contribution in [-0.2, 0) is 11.2 Å². The Bertz CT molecular complexity index is 846. The van der Waals surface area contributed by atoms with E-state index in [2.05, 4.69) is 37.2 Å². The Morgan fingerprint density at radius 1 is 1.13 bits per heavy atom. The Morgan fingerprint density at radius 2 is 1.87 bits per heavy atom. The number of hydrogen-bond donors (Lipinski definition) is 1. The number of ether oxygens (including phenoxy) is 1. The highest BCUT2D eigenvalue weighted by Crippen LogP contribution is 2.13. The van der Waals surface area contributed by atoms with Crippen molar-refractivity contribution < 1.29 is 9.53 Å². The SMILES string of the molecule is COc1ccc(CCNC(=NCC(=O)N(C)C)N2CCN(c3ccccn3)CC2)cc1. The molecule has 2 heterocycles. The van der Waals surface area contributed by atoms with Gasteiger partial charge in [0.15, 0.2) is 5.96 Å². The average molecular weight is 425 g/mol. The Kier molecular flexibility index (Phi) is 8.09. The van der Waals surface area contributed by atoms with Gasteiger partial charge in [-0.05, 0) is 36.2 Å². The minimum Gasteiger partial charge on any atom is -0.497 e. The van der Waals surface area contributed by atoms with E-state index >= 15 is 0 Å². The minimum absolute atomic E-state index is 0.0124. The number of carbonyl (C=O) groups is 1. The summed E-state index contributed by atoms with van der Waals surface area (Å²) in [7, 11) is 5.17. The van der Waals surface area contributed by atoms with Crippen LogP contribution in [0.4, 0.5) is 5.82 Å². The van der Waals surface area contributed by atoms with Crippen LogP contribution in [0.15, 0.2) is 53.7 Å². The van der Waals surface area contributed by atoms with Crippen molar-refractivity contribution in [2.24, 2.45) is 4.99 Å². The van der Waals surface area contributed by atoms with E-state index in [1.807, 2.05) is 36.5 Å². The molecule has 1 aromatic heterocycles. The maximum atomic E-state index is 12.1. The van der Waals surface area contributed by atoms with E-state index in [4.69, 9.17) is 4.74 Å². The van der Waals surface area contributed by atoms with Crippen LogP contribution in [0.3, 0.4) is 0 Å². The van der Waals surface area contributed by atoms with E-state index in [-0.39, 0.29) is 12.5 Å². The third kappa shape index (κ3) is 6.60. The number of amides is 1. The minimum atomic E-state index is -0.0124. The summed E-state index contributed by atoms with van der Waals surface area (Å²) in [6, 6.07) is 14.0. The Labute approximate surface area is 184 Å². The van der Waals surface area contributed by atoms with E-state index in [0.29, 0.717) is 0 Å². The second kappa shape index (κ2) is 11.2. The number of aliphatic imine (C=N–C) groups is 1. The molecule has 1 aliphatic rings. The summed E-state index contributed by atoms with van der Waals surface area (Å²) >= 11 is 0. The fourth-order valence-corrected chi connectivity index (χ4v) is 3.35. The topological polar surface area (TPSA) is 73.3 Å². The molecule has 1 amide bonds. The quantitative estimate of drug-likeness (QED) is 0.536. The lowest BCUT2D eigenvalue weighted by Crippen LogP contribution is -2.53. The van der Waals surface area contributed by atoms with Gasteiger partial charge in [0.2, 0.25) is 5.91 Å². The van der Waals surface area contributed by atoms with E-state index in [9.17, 15) is 4.79 Å². The molecule has 2 aromatic rings. The van der Waals surface area contributed by atoms with Crippen molar-refractivity contribution in [3.05, 3.63) is 54.2 Å². The van der Waals surface area contributed by atoms with Crippen LogP contribution in [-0.4, -0.2) is 87.1 Å². The fourth-order valence-electron chi connectivity index (χ4n) is 3.35. The zero-order valence-electron chi connectivity index (χ0n) is 18.6. The normalized spacial score (nSPS) is 14.4.